The molecule has 2 heterocycles. The predicted molar refractivity (Wildman–Crippen MR) is 101 cm³/mol. The number of hydrogen-bond donors (Lipinski definition) is 2. The molecule has 3 aromatic rings. The van der Waals surface area contributed by atoms with Crippen molar-refractivity contribution in [1.29, 1.82) is 0 Å². The zero-order valence-electron chi connectivity index (χ0n) is 16.7. The zero-order valence-corrected chi connectivity index (χ0v) is 16.7. The highest BCUT2D eigenvalue weighted by molar-refractivity contribution is 5.48. The Morgan fingerprint density at radius 2 is 1.87 bits per heavy atom. The number of aromatic nitrogens is 4. The molecule has 0 unspecified atom stereocenters. The Balaban J connectivity index is 2.03. The molecule has 0 saturated carbocycles. The van der Waals surface area contributed by atoms with Crippen LogP contribution >= 0.6 is 0 Å². The number of ether oxygens (including phenoxy) is 1. The Labute approximate surface area is 169 Å². The van der Waals surface area contributed by atoms with Crippen molar-refractivity contribution in [1.82, 2.24) is 19.6 Å². The molecule has 0 amide bonds. The fraction of sp³-hybridized carbons (Fsp3) is 0.421. The van der Waals surface area contributed by atoms with Gasteiger partial charge in [-0.15, -0.1) is 13.2 Å². The molecule has 0 saturated heterocycles. The Hall–Kier alpha value is -2.95. The van der Waals surface area contributed by atoms with Crippen molar-refractivity contribution in [3.8, 4) is 5.75 Å². The van der Waals surface area contributed by atoms with Crippen LogP contribution in [-0.2, 0) is 0 Å². The van der Waals surface area contributed by atoms with Crippen molar-refractivity contribution in [2.24, 2.45) is 0 Å². The fourth-order valence-electron chi connectivity index (χ4n) is 2.95. The Morgan fingerprint density at radius 1 is 1.17 bits per heavy atom. The van der Waals surface area contributed by atoms with Crippen molar-refractivity contribution in [2.75, 3.05) is 5.32 Å². The molecule has 3 rings (SSSR count). The Kier molecular flexibility index (Phi) is 5.59. The first kappa shape index (κ1) is 21.8. The lowest BCUT2D eigenvalue weighted by Gasteiger charge is -2.32. The summed E-state index contributed by atoms with van der Waals surface area (Å²) in [6.45, 7) is 6.78. The molecular formula is C19H21F4N5O2. The quantitative estimate of drug-likeness (QED) is 0.574. The maximum absolute atomic E-state index is 14.7. The smallest absolute Gasteiger partial charge is 0.406 e. The van der Waals surface area contributed by atoms with Crippen LogP contribution in [-0.4, -0.2) is 36.7 Å². The van der Waals surface area contributed by atoms with Crippen molar-refractivity contribution >= 4 is 11.6 Å². The van der Waals surface area contributed by atoms with Gasteiger partial charge in [-0.25, -0.2) is 9.37 Å². The molecule has 1 aromatic carbocycles. The van der Waals surface area contributed by atoms with E-state index in [9.17, 15) is 22.7 Å². The molecule has 0 spiro atoms. The summed E-state index contributed by atoms with van der Waals surface area (Å²) in [5.74, 6) is -0.897. The molecule has 0 aliphatic heterocycles. The third kappa shape index (κ3) is 4.78. The van der Waals surface area contributed by atoms with Crippen LogP contribution in [0.3, 0.4) is 0 Å². The average molecular weight is 427 g/mol. The highest BCUT2D eigenvalue weighted by Gasteiger charge is 2.34. The molecule has 0 fully saturated rings. The van der Waals surface area contributed by atoms with E-state index in [-0.39, 0.29) is 11.5 Å². The predicted octanol–water partition coefficient (Wildman–Crippen LogP) is 4.21. The molecule has 0 bridgehead atoms. The number of halogens is 4. The monoisotopic (exact) mass is 427 g/mol. The van der Waals surface area contributed by atoms with Gasteiger partial charge in [0.1, 0.15) is 23.7 Å². The van der Waals surface area contributed by atoms with Crippen LogP contribution in [0.15, 0.2) is 30.6 Å². The topological polar surface area (TPSA) is 84.6 Å². The second-order valence-corrected chi connectivity index (χ2v) is 7.65. The maximum atomic E-state index is 14.7. The first-order valence-electron chi connectivity index (χ1n) is 9.10. The highest BCUT2D eigenvalue weighted by atomic mass is 19.4. The SMILES string of the molecule is CC(C)c1cc(N[C@@H](c2ccc(OC(F)(F)F)cc2F)C(C)(C)O)n2ncnc2n1. The minimum Gasteiger partial charge on any atom is -0.406 e. The van der Waals surface area contributed by atoms with Gasteiger partial charge >= 0.3 is 6.36 Å². The van der Waals surface area contributed by atoms with Crippen LogP contribution in [0, 0.1) is 5.82 Å². The first-order chi connectivity index (χ1) is 13.8. The average Bonchev–Trinajstić information content (AvgIpc) is 3.06. The van der Waals surface area contributed by atoms with Gasteiger partial charge in [0.15, 0.2) is 0 Å². The van der Waals surface area contributed by atoms with Crippen LogP contribution in [0.2, 0.25) is 0 Å². The highest BCUT2D eigenvalue weighted by Crippen LogP contribution is 2.34. The molecular weight excluding hydrogens is 406 g/mol. The minimum atomic E-state index is -4.94. The van der Waals surface area contributed by atoms with E-state index in [1.807, 2.05) is 13.8 Å². The summed E-state index contributed by atoms with van der Waals surface area (Å²) in [5, 5.41) is 17.8. The van der Waals surface area contributed by atoms with E-state index in [0.717, 1.165) is 12.1 Å². The summed E-state index contributed by atoms with van der Waals surface area (Å²) in [6.07, 6.45) is -3.63. The summed E-state index contributed by atoms with van der Waals surface area (Å²) < 4.78 is 57.1. The lowest BCUT2D eigenvalue weighted by Crippen LogP contribution is -2.35. The minimum absolute atomic E-state index is 0.0480. The summed E-state index contributed by atoms with van der Waals surface area (Å²) in [5.41, 5.74) is -0.850. The number of hydrogen-bond acceptors (Lipinski definition) is 6. The van der Waals surface area contributed by atoms with Crippen molar-refractivity contribution < 1.29 is 27.4 Å². The van der Waals surface area contributed by atoms with Gasteiger partial charge in [-0.3, -0.25) is 0 Å². The normalized spacial score (nSPS) is 13.7. The van der Waals surface area contributed by atoms with Crippen LogP contribution in [0.1, 0.15) is 50.9 Å². The van der Waals surface area contributed by atoms with E-state index in [0.29, 0.717) is 23.4 Å². The van der Waals surface area contributed by atoms with E-state index >= 15 is 0 Å². The second-order valence-electron chi connectivity index (χ2n) is 7.65. The lowest BCUT2D eigenvalue weighted by atomic mass is 9.91. The van der Waals surface area contributed by atoms with E-state index in [1.54, 1.807) is 6.07 Å². The number of alkyl halides is 3. The van der Waals surface area contributed by atoms with E-state index in [4.69, 9.17) is 0 Å². The molecule has 1 atom stereocenters. The van der Waals surface area contributed by atoms with Gasteiger partial charge in [0.2, 0.25) is 0 Å². The number of nitrogens with zero attached hydrogens (tertiary/aromatic N) is 4. The van der Waals surface area contributed by atoms with Gasteiger partial charge in [0, 0.05) is 17.7 Å². The number of anilines is 1. The summed E-state index contributed by atoms with van der Waals surface area (Å²) in [4.78, 5) is 8.46. The largest absolute Gasteiger partial charge is 0.573 e. The van der Waals surface area contributed by atoms with E-state index in [1.165, 1.54) is 24.7 Å². The fourth-order valence-corrected chi connectivity index (χ4v) is 2.95. The van der Waals surface area contributed by atoms with Gasteiger partial charge in [-0.1, -0.05) is 19.9 Å². The molecule has 7 nitrogen and oxygen atoms in total. The Morgan fingerprint density at radius 3 is 2.43 bits per heavy atom. The van der Waals surface area contributed by atoms with E-state index < -0.39 is 29.6 Å². The third-order valence-electron chi connectivity index (χ3n) is 4.38. The molecule has 0 aliphatic carbocycles. The second kappa shape index (κ2) is 7.71. The van der Waals surface area contributed by atoms with Crippen LogP contribution in [0.25, 0.3) is 5.78 Å². The van der Waals surface area contributed by atoms with E-state index in [2.05, 4.69) is 25.1 Å². The number of aliphatic hydroxyl groups is 1. The number of rotatable bonds is 6. The summed E-state index contributed by atoms with van der Waals surface area (Å²) in [7, 11) is 0. The summed E-state index contributed by atoms with van der Waals surface area (Å²) in [6, 6.07) is 3.41. The lowest BCUT2D eigenvalue weighted by molar-refractivity contribution is -0.274. The Bertz CT molecular complexity index is 1040. The van der Waals surface area contributed by atoms with Gasteiger partial charge < -0.3 is 15.2 Å². The number of benzene rings is 1. The zero-order chi connectivity index (χ0) is 22.3. The molecule has 2 aromatic heterocycles. The van der Waals surface area contributed by atoms with Crippen LogP contribution < -0.4 is 10.1 Å². The molecule has 2 N–H and O–H groups in total. The molecule has 30 heavy (non-hydrogen) atoms. The molecule has 162 valence electrons. The van der Waals surface area contributed by atoms with Crippen LogP contribution in [0.4, 0.5) is 23.4 Å². The molecule has 0 aliphatic rings. The van der Waals surface area contributed by atoms with Crippen molar-refractivity contribution in [3.63, 3.8) is 0 Å². The van der Waals surface area contributed by atoms with Gasteiger partial charge in [-0.2, -0.15) is 14.6 Å². The standard InChI is InChI=1S/C19H21F4N5O2/c1-10(2)14-8-15(28-17(26-14)24-9-25-28)27-16(18(3,4)29)12-6-5-11(7-13(12)20)30-19(21,22)23/h5-10,16,27,29H,1-4H3/t16-/m0/s1. The van der Waals surface area contributed by atoms with Crippen LogP contribution in [0.5, 0.6) is 5.75 Å². The number of fused-ring (bicyclic) bond motifs is 1. The maximum Gasteiger partial charge on any atom is 0.573 e. The van der Waals surface area contributed by atoms with Gasteiger partial charge in [0.05, 0.1) is 17.3 Å². The third-order valence-corrected chi connectivity index (χ3v) is 4.38. The molecule has 0 radical (unpaired) electrons. The van der Waals surface area contributed by atoms with Gasteiger partial charge in [-0.05, 0) is 25.8 Å². The first-order valence-corrected chi connectivity index (χ1v) is 9.10. The van der Waals surface area contributed by atoms with Crippen molar-refractivity contribution in [3.05, 3.63) is 47.7 Å². The van der Waals surface area contributed by atoms with Crippen molar-refractivity contribution in [2.45, 2.75) is 51.6 Å². The molecule has 11 heteroatoms. The van der Waals surface area contributed by atoms with Gasteiger partial charge in [0.25, 0.3) is 5.78 Å². The number of nitrogens with one attached hydrogen (secondary N) is 1. The summed E-state index contributed by atoms with van der Waals surface area (Å²) >= 11 is 0.